The van der Waals surface area contributed by atoms with Gasteiger partial charge in [0.05, 0.1) is 6.61 Å². The SMILES string of the molecule is O=C(c1ccc2c(c1)CCO2)N(CCc1ccccc1)c1ccccc1. The van der Waals surface area contributed by atoms with Crippen LogP contribution in [0.2, 0.25) is 0 Å². The highest BCUT2D eigenvalue weighted by Gasteiger charge is 2.20. The quantitative estimate of drug-likeness (QED) is 0.682. The molecule has 0 N–H and O–H groups in total. The van der Waals surface area contributed by atoms with Gasteiger partial charge in [0.15, 0.2) is 0 Å². The minimum atomic E-state index is 0.0295. The first-order chi connectivity index (χ1) is 12.8. The number of hydrogen-bond donors (Lipinski definition) is 0. The van der Waals surface area contributed by atoms with Crippen molar-refractivity contribution < 1.29 is 9.53 Å². The Morgan fingerprint density at radius 1 is 0.923 bits per heavy atom. The number of carbonyl (C=O) groups is 1. The van der Waals surface area contributed by atoms with Gasteiger partial charge in [0, 0.05) is 24.2 Å². The zero-order valence-corrected chi connectivity index (χ0v) is 14.6. The van der Waals surface area contributed by atoms with E-state index in [-0.39, 0.29) is 5.91 Å². The van der Waals surface area contributed by atoms with Crippen molar-refractivity contribution >= 4 is 11.6 Å². The normalized spacial score (nSPS) is 12.3. The van der Waals surface area contributed by atoms with Crippen LogP contribution in [0.1, 0.15) is 21.5 Å². The predicted octanol–water partition coefficient (Wildman–Crippen LogP) is 4.51. The van der Waals surface area contributed by atoms with Gasteiger partial charge in [0.1, 0.15) is 5.75 Å². The maximum atomic E-state index is 13.3. The number of amides is 1. The van der Waals surface area contributed by atoms with Crippen LogP contribution in [0.5, 0.6) is 5.75 Å². The number of carbonyl (C=O) groups excluding carboxylic acids is 1. The number of fused-ring (bicyclic) bond motifs is 1. The Morgan fingerprint density at radius 3 is 2.42 bits per heavy atom. The summed E-state index contributed by atoms with van der Waals surface area (Å²) >= 11 is 0. The molecule has 3 heteroatoms. The topological polar surface area (TPSA) is 29.5 Å². The third kappa shape index (κ3) is 3.47. The smallest absolute Gasteiger partial charge is 0.258 e. The molecule has 1 amide bonds. The molecule has 0 aliphatic carbocycles. The first-order valence-corrected chi connectivity index (χ1v) is 8.98. The monoisotopic (exact) mass is 343 g/mol. The number of anilines is 1. The van der Waals surface area contributed by atoms with Gasteiger partial charge in [-0.05, 0) is 47.9 Å². The summed E-state index contributed by atoms with van der Waals surface area (Å²) in [5, 5.41) is 0. The lowest BCUT2D eigenvalue weighted by Gasteiger charge is -2.23. The maximum Gasteiger partial charge on any atom is 0.258 e. The summed E-state index contributed by atoms with van der Waals surface area (Å²) < 4.78 is 5.56. The summed E-state index contributed by atoms with van der Waals surface area (Å²) in [6.45, 7) is 1.34. The minimum absolute atomic E-state index is 0.0295. The molecule has 0 atom stereocenters. The Morgan fingerprint density at radius 2 is 1.65 bits per heavy atom. The lowest BCUT2D eigenvalue weighted by Crippen LogP contribution is -2.33. The van der Waals surface area contributed by atoms with Crippen LogP contribution in [0.25, 0.3) is 0 Å². The van der Waals surface area contributed by atoms with Gasteiger partial charge in [-0.25, -0.2) is 0 Å². The van der Waals surface area contributed by atoms with Crippen LogP contribution in [-0.4, -0.2) is 19.1 Å². The molecule has 1 heterocycles. The maximum absolute atomic E-state index is 13.3. The highest BCUT2D eigenvalue weighted by Crippen LogP contribution is 2.27. The second kappa shape index (κ2) is 7.44. The lowest BCUT2D eigenvalue weighted by molar-refractivity contribution is 0.0987. The molecule has 3 nitrogen and oxygen atoms in total. The molecule has 0 spiro atoms. The Balaban J connectivity index is 1.60. The van der Waals surface area contributed by atoms with Crippen molar-refractivity contribution in [3.05, 3.63) is 95.6 Å². The van der Waals surface area contributed by atoms with Crippen LogP contribution in [0, 0.1) is 0 Å². The molecule has 3 aromatic rings. The van der Waals surface area contributed by atoms with E-state index in [1.807, 2.05) is 71.6 Å². The molecule has 0 aromatic heterocycles. The van der Waals surface area contributed by atoms with Crippen molar-refractivity contribution in [1.82, 2.24) is 0 Å². The second-order valence-corrected chi connectivity index (χ2v) is 6.45. The van der Waals surface area contributed by atoms with Gasteiger partial charge in [-0.1, -0.05) is 48.5 Å². The summed E-state index contributed by atoms with van der Waals surface area (Å²) in [5.74, 6) is 0.930. The van der Waals surface area contributed by atoms with Crippen molar-refractivity contribution in [2.75, 3.05) is 18.1 Å². The lowest BCUT2D eigenvalue weighted by atomic mass is 10.1. The Labute approximate surface area is 153 Å². The molecule has 0 saturated heterocycles. The molecule has 1 aliphatic heterocycles. The first-order valence-electron chi connectivity index (χ1n) is 8.98. The predicted molar refractivity (Wildman–Crippen MR) is 104 cm³/mol. The zero-order chi connectivity index (χ0) is 17.8. The van der Waals surface area contributed by atoms with E-state index >= 15 is 0 Å². The summed E-state index contributed by atoms with van der Waals surface area (Å²) in [6, 6.07) is 25.9. The van der Waals surface area contributed by atoms with Crippen LogP contribution in [0.15, 0.2) is 78.9 Å². The first kappa shape index (κ1) is 16.4. The van der Waals surface area contributed by atoms with E-state index < -0.39 is 0 Å². The molecule has 0 radical (unpaired) electrons. The molecule has 0 fully saturated rings. The standard InChI is InChI=1S/C23H21NO2/c25-23(20-11-12-22-19(17-20)14-16-26-22)24(21-9-5-2-6-10-21)15-13-18-7-3-1-4-8-18/h1-12,17H,13-16H2. The van der Waals surface area contributed by atoms with Crippen LogP contribution in [0.3, 0.4) is 0 Å². The molecular weight excluding hydrogens is 322 g/mol. The molecule has 3 aromatic carbocycles. The summed E-state index contributed by atoms with van der Waals surface area (Å²) in [4.78, 5) is 15.1. The Bertz CT molecular complexity index is 891. The number of nitrogens with zero attached hydrogens (tertiary/aromatic N) is 1. The average Bonchev–Trinajstić information content (AvgIpc) is 3.17. The molecule has 4 rings (SSSR count). The van der Waals surface area contributed by atoms with Crippen LogP contribution >= 0.6 is 0 Å². The van der Waals surface area contributed by atoms with Crippen LogP contribution in [-0.2, 0) is 12.8 Å². The highest BCUT2D eigenvalue weighted by atomic mass is 16.5. The van der Waals surface area contributed by atoms with Crippen molar-refractivity contribution in [2.24, 2.45) is 0 Å². The van der Waals surface area contributed by atoms with E-state index in [2.05, 4.69) is 12.1 Å². The minimum Gasteiger partial charge on any atom is -0.493 e. The fraction of sp³-hybridized carbons (Fsp3) is 0.174. The molecule has 130 valence electrons. The number of rotatable bonds is 5. The molecule has 0 unspecified atom stereocenters. The van der Waals surface area contributed by atoms with E-state index in [0.29, 0.717) is 18.7 Å². The fourth-order valence-electron chi connectivity index (χ4n) is 3.32. The third-order valence-corrected chi connectivity index (χ3v) is 4.72. The van der Waals surface area contributed by atoms with Crippen molar-refractivity contribution in [3.63, 3.8) is 0 Å². The van der Waals surface area contributed by atoms with Gasteiger partial charge < -0.3 is 9.64 Å². The average molecular weight is 343 g/mol. The van der Waals surface area contributed by atoms with E-state index in [9.17, 15) is 4.79 Å². The molecule has 1 aliphatic rings. The van der Waals surface area contributed by atoms with E-state index in [0.717, 1.165) is 29.8 Å². The van der Waals surface area contributed by atoms with E-state index in [1.54, 1.807) is 0 Å². The summed E-state index contributed by atoms with van der Waals surface area (Å²) in [5.41, 5.74) is 3.98. The van der Waals surface area contributed by atoms with Gasteiger partial charge >= 0.3 is 0 Å². The number of para-hydroxylation sites is 1. The second-order valence-electron chi connectivity index (χ2n) is 6.45. The number of hydrogen-bond acceptors (Lipinski definition) is 2. The fourth-order valence-corrected chi connectivity index (χ4v) is 3.32. The zero-order valence-electron chi connectivity index (χ0n) is 14.6. The highest BCUT2D eigenvalue weighted by molar-refractivity contribution is 6.06. The van der Waals surface area contributed by atoms with E-state index in [1.165, 1.54) is 5.56 Å². The van der Waals surface area contributed by atoms with Gasteiger partial charge in [-0.2, -0.15) is 0 Å². The molecule has 26 heavy (non-hydrogen) atoms. The third-order valence-electron chi connectivity index (χ3n) is 4.72. The van der Waals surface area contributed by atoms with Crippen molar-refractivity contribution in [2.45, 2.75) is 12.8 Å². The van der Waals surface area contributed by atoms with Gasteiger partial charge in [-0.15, -0.1) is 0 Å². The molecule has 0 bridgehead atoms. The molecule has 0 saturated carbocycles. The molecular formula is C23H21NO2. The summed E-state index contributed by atoms with van der Waals surface area (Å²) in [7, 11) is 0. The van der Waals surface area contributed by atoms with Crippen LogP contribution in [0.4, 0.5) is 5.69 Å². The van der Waals surface area contributed by atoms with Crippen molar-refractivity contribution in [1.29, 1.82) is 0 Å². The van der Waals surface area contributed by atoms with Gasteiger partial charge in [0.25, 0.3) is 5.91 Å². The largest absolute Gasteiger partial charge is 0.493 e. The number of ether oxygens (including phenoxy) is 1. The number of benzene rings is 3. The van der Waals surface area contributed by atoms with Gasteiger partial charge in [-0.3, -0.25) is 4.79 Å². The van der Waals surface area contributed by atoms with Crippen molar-refractivity contribution in [3.8, 4) is 5.75 Å². The Kier molecular flexibility index (Phi) is 4.69. The van der Waals surface area contributed by atoms with Gasteiger partial charge in [0.2, 0.25) is 0 Å². The Hall–Kier alpha value is -3.07. The van der Waals surface area contributed by atoms with Crippen LogP contribution < -0.4 is 9.64 Å². The summed E-state index contributed by atoms with van der Waals surface area (Å²) in [6.07, 6.45) is 1.68. The van der Waals surface area contributed by atoms with E-state index in [4.69, 9.17) is 4.74 Å².